The molecule has 1 aliphatic carbocycles. The first kappa shape index (κ1) is 13.1. The van der Waals surface area contributed by atoms with Crippen molar-refractivity contribution in [1.82, 2.24) is 4.90 Å². The minimum atomic E-state index is -1.12. The predicted octanol–water partition coefficient (Wildman–Crippen LogP) is 0.781. The molecule has 0 aromatic carbocycles. The molecule has 0 bridgehead atoms. The van der Waals surface area contributed by atoms with Crippen LogP contribution in [0.15, 0.2) is 12.2 Å². The van der Waals surface area contributed by atoms with Crippen molar-refractivity contribution >= 4 is 11.9 Å². The maximum Gasteiger partial charge on any atom is 0.328 e. The van der Waals surface area contributed by atoms with Crippen LogP contribution >= 0.6 is 0 Å². The van der Waals surface area contributed by atoms with Crippen molar-refractivity contribution in [1.29, 1.82) is 0 Å². The molecule has 5 heteroatoms. The molecule has 2 unspecified atom stereocenters. The third kappa shape index (κ3) is 2.72. The Bertz CT molecular complexity index is 379. The molecule has 1 aliphatic heterocycles. The Morgan fingerprint density at radius 2 is 2.00 bits per heavy atom. The molecule has 18 heavy (non-hydrogen) atoms. The lowest BCUT2D eigenvalue weighted by Gasteiger charge is -2.47. The molecular formula is C13H19NO4. The van der Waals surface area contributed by atoms with Gasteiger partial charge in [-0.1, -0.05) is 12.8 Å². The van der Waals surface area contributed by atoms with Crippen LogP contribution in [0.2, 0.25) is 0 Å². The van der Waals surface area contributed by atoms with Gasteiger partial charge in [-0.3, -0.25) is 4.79 Å². The molecule has 5 nitrogen and oxygen atoms in total. The number of amides is 1. The van der Waals surface area contributed by atoms with E-state index in [4.69, 9.17) is 5.11 Å². The zero-order valence-electron chi connectivity index (χ0n) is 10.3. The molecule has 1 heterocycles. The van der Waals surface area contributed by atoms with Crippen molar-refractivity contribution in [2.24, 2.45) is 5.92 Å². The number of hydrogen-bond donors (Lipinski definition) is 2. The summed E-state index contributed by atoms with van der Waals surface area (Å²) in [5, 5.41) is 19.0. The molecule has 2 fully saturated rings. The molecule has 0 spiro atoms. The van der Waals surface area contributed by atoms with Crippen LogP contribution in [0.3, 0.4) is 0 Å². The minimum absolute atomic E-state index is 0.141. The van der Waals surface area contributed by atoms with Gasteiger partial charge in [-0.2, -0.15) is 0 Å². The largest absolute Gasteiger partial charge is 0.478 e. The van der Waals surface area contributed by atoms with E-state index < -0.39 is 11.6 Å². The first-order valence-electron chi connectivity index (χ1n) is 6.43. The van der Waals surface area contributed by atoms with E-state index in [1.54, 1.807) is 4.90 Å². The fourth-order valence-electron chi connectivity index (χ4n) is 3.02. The lowest BCUT2D eigenvalue weighted by molar-refractivity contribution is -0.139. The van der Waals surface area contributed by atoms with Gasteiger partial charge in [0.2, 0.25) is 5.91 Å². The van der Waals surface area contributed by atoms with E-state index in [1.165, 1.54) is 0 Å². The van der Waals surface area contributed by atoms with Crippen molar-refractivity contribution in [2.75, 3.05) is 13.1 Å². The normalized spacial score (nSPS) is 32.3. The minimum Gasteiger partial charge on any atom is -0.478 e. The van der Waals surface area contributed by atoms with E-state index in [1.807, 2.05) is 0 Å². The monoisotopic (exact) mass is 253 g/mol. The van der Waals surface area contributed by atoms with Crippen molar-refractivity contribution < 1.29 is 19.8 Å². The van der Waals surface area contributed by atoms with E-state index in [-0.39, 0.29) is 11.8 Å². The number of aliphatic carboxylic acids is 1. The summed E-state index contributed by atoms with van der Waals surface area (Å²) < 4.78 is 0. The SMILES string of the molecule is O=C(O)/C=C/C(=O)N1CCC2(O)CCCCC2C1. The number of likely N-dealkylation sites (tertiary alicyclic amines) is 1. The highest BCUT2D eigenvalue weighted by atomic mass is 16.4. The van der Waals surface area contributed by atoms with E-state index in [0.29, 0.717) is 19.5 Å². The number of carboxylic acid groups (broad SMARTS) is 1. The smallest absolute Gasteiger partial charge is 0.328 e. The van der Waals surface area contributed by atoms with Gasteiger partial charge in [0, 0.05) is 31.2 Å². The Morgan fingerprint density at radius 1 is 1.22 bits per heavy atom. The molecule has 0 radical (unpaired) electrons. The molecule has 2 N–H and O–H groups in total. The number of carbonyl (C=O) groups excluding carboxylic acids is 1. The molecule has 2 rings (SSSR count). The lowest BCUT2D eigenvalue weighted by Crippen LogP contribution is -2.54. The van der Waals surface area contributed by atoms with E-state index in [0.717, 1.165) is 37.8 Å². The van der Waals surface area contributed by atoms with Crippen LogP contribution in [0, 0.1) is 5.92 Å². The van der Waals surface area contributed by atoms with Gasteiger partial charge < -0.3 is 15.1 Å². The molecular weight excluding hydrogens is 234 g/mol. The standard InChI is InChI=1S/C13H19NO4/c15-11(4-5-12(16)17)14-8-7-13(18)6-2-1-3-10(13)9-14/h4-5,10,18H,1-3,6-9H2,(H,16,17)/b5-4+. The quantitative estimate of drug-likeness (QED) is 0.713. The second kappa shape index (κ2) is 5.10. The van der Waals surface area contributed by atoms with E-state index >= 15 is 0 Å². The second-order valence-corrected chi connectivity index (χ2v) is 5.25. The molecule has 0 aromatic rings. The third-order valence-corrected chi connectivity index (χ3v) is 4.11. The van der Waals surface area contributed by atoms with Crippen molar-refractivity contribution in [3.05, 3.63) is 12.2 Å². The average molecular weight is 253 g/mol. The molecule has 1 saturated heterocycles. The first-order valence-corrected chi connectivity index (χ1v) is 6.43. The van der Waals surface area contributed by atoms with Gasteiger partial charge in [-0.15, -0.1) is 0 Å². The fourth-order valence-corrected chi connectivity index (χ4v) is 3.02. The van der Waals surface area contributed by atoms with Gasteiger partial charge in [-0.25, -0.2) is 4.79 Å². The number of fused-ring (bicyclic) bond motifs is 1. The zero-order chi connectivity index (χ0) is 13.2. The van der Waals surface area contributed by atoms with Gasteiger partial charge >= 0.3 is 5.97 Å². The summed E-state index contributed by atoms with van der Waals surface area (Å²) in [5.41, 5.74) is -0.606. The fraction of sp³-hybridized carbons (Fsp3) is 0.692. The summed E-state index contributed by atoms with van der Waals surface area (Å²) in [6, 6.07) is 0. The van der Waals surface area contributed by atoms with Crippen LogP contribution in [0.25, 0.3) is 0 Å². The highest BCUT2D eigenvalue weighted by Crippen LogP contribution is 2.39. The van der Waals surface area contributed by atoms with Gasteiger partial charge in [0.05, 0.1) is 5.60 Å². The summed E-state index contributed by atoms with van der Waals surface area (Å²) in [5.74, 6) is -1.25. The second-order valence-electron chi connectivity index (χ2n) is 5.25. The molecule has 100 valence electrons. The zero-order valence-corrected chi connectivity index (χ0v) is 10.3. The summed E-state index contributed by atoms with van der Waals surface area (Å²) in [7, 11) is 0. The van der Waals surface area contributed by atoms with E-state index in [2.05, 4.69) is 0 Å². The summed E-state index contributed by atoms with van der Waals surface area (Å²) >= 11 is 0. The van der Waals surface area contributed by atoms with Crippen molar-refractivity contribution in [3.63, 3.8) is 0 Å². The number of nitrogens with zero attached hydrogens (tertiary/aromatic N) is 1. The number of carbonyl (C=O) groups is 2. The summed E-state index contributed by atoms with van der Waals surface area (Å²) in [4.78, 5) is 23.8. The Kier molecular flexibility index (Phi) is 3.71. The summed E-state index contributed by atoms with van der Waals surface area (Å²) in [6.45, 7) is 1.05. The van der Waals surface area contributed by atoms with Crippen LogP contribution in [0.1, 0.15) is 32.1 Å². The predicted molar refractivity (Wildman–Crippen MR) is 64.9 cm³/mol. The van der Waals surface area contributed by atoms with Crippen LogP contribution in [-0.4, -0.2) is 45.7 Å². The molecule has 2 aliphatic rings. The Labute approximate surface area is 106 Å². The van der Waals surface area contributed by atoms with Gasteiger partial charge in [0.25, 0.3) is 0 Å². The van der Waals surface area contributed by atoms with Crippen molar-refractivity contribution in [2.45, 2.75) is 37.7 Å². The molecule has 2 atom stereocenters. The number of hydrogen-bond acceptors (Lipinski definition) is 3. The van der Waals surface area contributed by atoms with Crippen molar-refractivity contribution in [3.8, 4) is 0 Å². The van der Waals surface area contributed by atoms with Gasteiger partial charge in [-0.05, 0) is 19.3 Å². The number of rotatable bonds is 2. The highest BCUT2D eigenvalue weighted by Gasteiger charge is 2.43. The van der Waals surface area contributed by atoms with Crippen LogP contribution in [0.4, 0.5) is 0 Å². The van der Waals surface area contributed by atoms with Gasteiger partial charge in [0.1, 0.15) is 0 Å². The maximum absolute atomic E-state index is 11.8. The Morgan fingerprint density at radius 3 is 2.72 bits per heavy atom. The Hall–Kier alpha value is -1.36. The Balaban J connectivity index is 1.98. The molecule has 0 aromatic heterocycles. The molecule has 1 amide bonds. The number of piperidine rings is 1. The van der Waals surface area contributed by atoms with Gasteiger partial charge in [0.15, 0.2) is 0 Å². The maximum atomic E-state index is 11.8. The van der Waals surface area contributed by atoms with Crippen LogP contribution < -0.4 is 0 Å². The number of carboxylic acids is 1. The number of aliphatic hydroxyl groups is 1. The topological polar surface area (TPSA) is 77.8 Å². The van der Waals surface area contributed by atoms with E-state index in [9.17, 15) is 14.7 Å². The highest BCUT2D eigenvalue weighted by molar-refractivity contribution is 5.93. The van der Waals surface area contributed by atoms with Crippen LogP contribution in [0.5, 0.6) is 0 Å². The first-order chi connectivity index (χ1) is 8.51. The average Bonchev–Trinajstić information content (AvgIpc) is 2.34. The molecule has 1 saturated carbocycles. The van der Waals surface area contributed by atoms with Crippen LogP contribution in [-0.2, 0) is 9.59 Å². The lowest BCUT2D eigenvalue weighted by atomic mass is 9.71. The summed E-state index contributed by atoms with van der Waals surface area (Å²) in [6.07, 6.45) is 6.48. The third-order valence-electron chi connectivity index (χ3n) is 4.11.